The number of ether oxygens (including phenoxy) is 1. The van der Waals surface area contributed by atoms with E-state index < -0.39 is 5.97 Å². The first-order valence-corrected chi connectivity index (χ1v) is 9.80. The fraction of sp³-hybridized carbons (Fsp3) is 0.100. The third-order valence-electron chi connectivity index (χ3n) is 4.16. The van der Waals surface area contributed by atoms with Crippen LogP contribution >= 0.6 is 46.4 Å². The molecule has 3 N–H and O–H groups in total. The summed E-state index contributed by atoms with van der Waals surface area (Å²) in [6.07, 6.45) is 0.0982. The standard InChI is InChI=1S/C20H14Cl4N2O3/c21-13-3-1-4-14(22)10(13)7-17-11(20(27)28)8-18(19(25)26-17)29-9-12-15(23)5-2-6-16(12)24/h1-6,8H,7,9H2,(H2,25,26)(H,27,28). The van der Waals surface area contributed by atoms with Gasteiger partial charge in [-0.3, -0.25) is 0 Å². The van der Waals surface area contributed by atoms with E-state index in [1.54, 1.807) is 36.4 Å². The van der Waals surface area contributed by atoms with Crippen molar-refractivity contribution in [2.75, 3.05) is 5.73 Å². The van der Waals surface area contributed by atoms with Crippen LogP contribution in [0.5, 0.6) is 5.75 Å². The molecule has 1 heterocycles. The van der Waals surface area contributed by atoms with Crippen molar-refractivity contribution >= 4 is 58.2 Å². The Hall–Kier alpha value is -2.18. The highest BCUT2D eigenvalue weighted by atomic mass is 35.5. The second kappa shape index (κ2) is 9.09. The van der Waals surface area contributed by atoms with E-state index >= 15 is 0 Å². The fourth-order valence-corrected chi connectivity index (χ4v) is 3.71. The number of nitrogen functional groups attached to an aromatic ring is 1. The summed E-state index contributed by atoms with van der Waals surface area (Å²) in [6, 6.07) is 11.4. The van der Waals surface area contributed by atoms with Crippen LogP contribution in [0.4, 0.5) is 5.82 Å². The van der Waals surface area contributed by atoms with Gasteiger partial charge in [-0.25, -0.2) is 9.78 Å². The molecule has 9 heteroatoms. The maximum atomic E-state index is 11.8. The zero-order chi connectivity index (χ0) is 21.1. The maximum Gasteiger partial charge on any atom is 0.337 e. The van der Waals surface area contributed by atoms with E-state index in [4.69, 9.17) is 56.9 Å². The molecule has 5 nitrogen and oxygen atoms in total. The number of pyridine rings is 1. The van der Waals surface area contributed by atoms with Gasteiger partial charge in [0.2, 0.25) is 0 Å². The van der Waals surface area contributed by atoms with E-state index in [1.165, 1.54) is 6.07 Å². The summed E-state index contributed by atoms with van der Waals surface area (Å²) in [5, 5.41) is 11.3. The van der Waals surface area contributed by atoms with Crippen molar-refractivity contribution in [2.24, 2.45) is 0 Å². The summed E-state index contributed by atoms with van der Waals surface area (Å²) >= 11 is 24.6. The van der Waals surface area contributed by atoms with Crippen LogP contribution in [0.2, 0.25) is 20.1 Å². The Morgan fingerprint density at radius 2 is 1.48 bits per heavy atom. The van der Waals surface area contributed by atoms with Crippen molar-refractivity contribution in [2.45, 2.75) is 13.0 Å². The summed E-state index contributed by atoms with van der Waals surface area (Å²) in [5.74, 6) is -1.06. The first-order chi connectivity index (χ1) is 13.8. The first kappa shape index (κ1) is 21.5. The van der Waals surface area contributed by atoms with Crippen LogP contribution < -0.4 is 10.5 Å². The Balaban J connectivity index is 1.93. The molecular formula is C20H14Cl4N2O3. The minimum atomic E-state index is -1.18. The van der Waals surface area contributed by atoms with Crippen LogP contribution in [0.1, 0.15) is 27.2 Å². The summed E-state index contributed by atoms with van der Waals surface area (Å²) in [6.45, 7) is -0.000859. The van der Waals surface area contributed by atoms with E-state index in [1.807, 2.05) is 0 Å². The van der Waals surface area contributed by atoms with Gasteiger partial charge in [-0.1, -0.05) is 58.5 Å². The predicted molar refractivity (Wildman–Crippen MR) is 116 cm³/mol. The van der Waals surface area contributed by atoms with Gasteiger partial charge in [-0.05, 0) is 29.8 Å². The number of aromatic carboxylic acids is 1. The number of hydrogen-bond acceptors (Lipinski definition) is 4. The summed E-state index contributed by atoms with van der Waals surface area (Å²) in [7, 11) is 0. The van der Waals surface area contributed by atoms with E-state index in [-0.39, 0.29) is 35.9 Å². The maximum absolute atomic E-state index is 11.8. The largest absolute Gasteiger partial charge is 0.485 e. The van der Waals surface area contributed by atoms with E-state index in [9.17, 15) is 9.90 Å². The number of aromatic nitrogens is 1. The molecule has 0 radical (unpaired) electrons. The van der Waals surface area contributed by atoms with Crippen molar-refractivity contribution < 1.29 is 14.6 Å². The van der Waals surface area contributed by atoms with Crippen molar-refractivity contribution in [3.63, 3.8) is 0 Å². The van der Waals surface area contributed by atoms with Gasteiger partial charge < -0.3 is 15.6 Å². The lowest BCUT2D eigenvalue weighted by molar-refractivity contribution is 0.0694. The Morgan fingerprint density at radius 3 is 2.00 bits per heavy atom. The average Bonchev–Trinajstić information content (AvgIpc) is 2.65. The summed E-state index contributed by atoms with van der Waals surface area (Å²) in [5.41, 5.74) is 7.25. The topological polar surface area (TPSA) is 85.4 Å². The van der Waals surface area contributed by atoms with Gasteiger partial charge in [-0.2, -0.15) is 0 Å². The first-order valence-electron chi connectivity index (χ1n) is 8.29. The molecule has 0 aliphatic heterocycles. The van der Waals surface area contributed by atoms with Gasteiger partial charge in [0.25, 0.3) is 0 Å². The van der Waals surface area contributed by atoms with Gasteiger partial charge in [-0.15, -0.1) is 0 Å². The molecule has 0 unspecified atom stereocenters. The van der Waals surface area contributed by atoms with Crippen LogP contribution in [-0.4, -0.2) is 16.1 Å². The van der Waals surface area contributed by atoms with Crippen molar-refractivity contribution in [1.29, 1.82) is 0 Å². The molecule has 3 rings (SSSR count). The van der Waals surface area contributed by atoms with E-state index in [0.29, 0.717) is 31.2 Å². The highest BCUT2D eigenvalue weighted by Crippen LogP contribution is 2.31. The molecule has 0 atom stereocenters. The molecule has 0 spiro atoms. The number of rotatable bonds is 6. The normalized spacial score (nSPS) is 10.8. The van der Waals surface area contributed by atoms with Crippen molar-refractivity contribution in [3.8, 4) is 5.75 Å². The second-order valence-electron chi connectivity index (χ2n) is 6.04. The second-order valence-corrected chi connectivity index (χ2v) is 7.67. The summed E-state index contributed by atoms with van der Waals surface area (Å²) < 4.78 is 5.66. The smallest absolute Gasteiger partial charge is 0.337 e. The number of carboxylic acids is 1. The van der Waals surface area contributed by atoms with Crippen molar-refractivity contribution in [3.05, 3.63) is 84.9 Å². The van der Waals surface area contributed by atoms with Gasteiger partial charge >= 0.3 is 5.97 Å². The third-order valence-corrected chi connectivity index (χ3v) is 5.58. The number of hydrogen-bond donors (Lipinski definition) is 2. The minimum Gasteiger partial charge on any atom is -0.485 e. The molecule has 2 aromatic carbocycles. The Bertz CT molecular complexity index is 1050. The van der Waals surface area contributed by atoms with Crippen LogP contribution in [0.15, 0.2) is 42.5 Å². The van der Waals surface area contributed by atoms with Crippen LogP contribution in [-0.2, 0) is 13.0 Å². The van der Waals surface area contributed by atoms with Crippen LogP contribution in [0.25, 0.3) is 0 Å². The molecule has 0 aliphatic rings. The molecule has 0 aliphatic carbocycles. The average molecular weight is 472 g/mol. The number of carbonyl (C=O) groups is 1. The number of halogens is 4. The molecule has 3 aromatic rings. The fourth-order valence-electron chi connectivity index (χ4n) is 2.67. The van der Waals surface area contributed by atoms with Gasteiger partial charge in [0.1, 0.15) is 6.61 Å². The van der Waals surface area contributed by atoms with Gasteiger partial charge in [0.05, 0.1) is 11.3 Å². The SMILES string of the molecule is Nc1nc(Cc2c(Cl)cccc2Cl)c(C(=O)O)cc1OCc1c(Cl)cccc1Cl. The summed E-state index contributed by atoms with van der Waals surface area (Å²) in [4.78, 5) is 16.0. The quantitative estimate of drug-likeness (QED) is 0.450. The van der Waals surface area contributed by atoms with Crippen LogP contribution in [0.3, 0.4) is 0 Å². The zero-order valence-corrected chi connectivity index (χ0v) is 17.8. The number of nitrogens with two attached hydrogens (primary N) is 1. The minimum absolute atomic E-state index is 0.000859. The number of carboxylic acid groups (broad SMARTS) is 1. The van der Waals surface area contributed by atoms with Gasteiger partial charge in [0.15, 0.2) is 11.6 Å². The zero-order valence-electron chi connectivity index (χ0n) is 14.8. The number of benzene rings is 2. The van der Waals surface area contributed by atoms with Gasteiger partial charge in [0, 0.05) is 38.1 Å². The third kappa shape index (κ3) is 4.87. The molecule has 29 heavy (non-hydrogen) atoms. The lowest BCUT2D eigenvalue weighted by atomic mass is 10.0. The monoisotopic (exact) mass is 470 g/mol. The Kier molecular flexibility index (Phi) is 6.75. The molecule has 0 amide bonds. The van der Waals surface area contributed by atoms with Crippen molar-refractivity contribution in [1.82, 2.24) is 4.98 Å². The van der Waals surface area contributed by atoms with E-state index in [2.05, 4.69) is 4.98 Å². The molecule has 150 valence electrons. The highest BCUT2D eigenvalue weighted by molar-refractivity contribution is 6.36. The molecule has 0 saturated heterocycles. The predicted octanol–water partition coefficient (Wildman–Crippen LogP) is 6.15. The lowest BCUT2D eigenvalue weighted by Gasteiger charge is -2.14. The number of anilines is 1. The molecular weight excluding hydrogens is 458 g/mol. The molecule has 1 aromatic heterocycles. The van der Waals surface area contributed by atoms with E-state index in [0.717, 1.165) is 0 Å². The molecule has 0 bridgehead atoms. The Morgan fingerprint density at radius 1 is 0.966 bits per heavy atom. The van der Waals surface area contributed by atoms with Crippen LogP contribution in [0, 0.1) is 0 Å². The lowest BCUT2D eigenvalue weighted by Crippen LogP contribution is -2.10. The molecule has 0 saturated carbocycles. The molecule has 0 fully saturated rings. The Labute approximate surface area is 186 Å². The highest BCUT2D eigenvalue weighted by Gasteiger charge is 2.19. The number of nitrogens with zero attached hydrogens (tertiary/aromatic N) is 1.